The molecule has 11 heteroatoms. The topological polar surface area (TPSA) is 144 Å². The average Bonchev–Trinajstić information content (AvgIpc) is 2.72. The zero-order chi connectivity index (χ0) is 23.7. The molecule has 11 nitrogen and oxygen atoms in total. The van der Waals surface area contributed by atoms with Gasteiger partial charge in [-0.05, 0) is 36.8 Å². The van der Waals surface area contributed by atoms with Gasteiger partial charge in [-0.2, -0.15) is 5.11 Å². The molecule has 0 radical (unpaired) electrons. The van der Waals surface area contributed by atoms with Crippen molar-refractivity contribution in [1.82, 2.24) is 0 Å². The van der Waals surface area contributed by atoms with Gasteiger partial charge in [0.05, 0.1) is 29.8 Å². The van der Waals surface area contributed by atoms with Gasteiger partial charge < -0.3 is 19.5 Å². The van der Waals surface area contributed by atoms with Crippen LogP contribution in [0.25, 0.3) is 0 Å². The first-order valence-electron chi connectivity index (χ1n) is 9.69. The molecule has 0 saturated heterocycles. The SMILES string of the molecule is CC(=O)OCCN(CCOC(C)=O)c1ccc(/N=N/c2ccc([N+](=O)[O-])cc2O)c(C)c1. The maximum Gasteiger partial charge on any atom is 0.302 e. The van der Waals surface area contributed by atoms with Gasteiger partial charge in [0.25, 0.3) is 5.69 Å². The first-order chi connectivity index (χ1) is 15.2. The van der Waals surface area contributed by atoms with Gasteiger partial charge in [0, 0.05) is 25.6 Å². The summed E-state index contributed by atoms with van der Waals surface area (Å²) < 4.78 is 10.0. The monoisotopic (exact) mass is 444 g/mol. The van der Waals surface area contributed by atoms with Crippen molar-refractivity contribution in [2.45, 2.75) is 20.8 Å². The number of aromatic hydroxyl groups is 1. The predicted molar refractivity (Wildman–Crippen MR) is 116 cm³/mol. The number of carbonyl (C=O) groups is 2. The van der Waals surface area contributed by atoms with Crippen LogP contribution in [0.3, 0.4) is 0 Å². The number of phenolic OH excluding ortho intramolecular Hbond substituents is 1. The summed E-state index contributed by atoms with van der Waals surface area (Å²) in [6, 6.07) is 8.92. The third-order valence-electron chi connectivity index (χ3n) is 4.31. The van der Waals surface area contributed by atoms with Crippen LogP contribution in [-0.2, 0) is 19.1 Å². The number of hydrogen-bond acceptors (Lipinski definition) is 10. The Balaban J connectivity index is 2.17. The van der Waals surface area contributed by atoms with E-state index < -0.39 is 4.92 Å². The fourth-order valence-corrected chi connectivity index (χ4v) is 2.74. The molecule has 0 aliphatic heterocycles. The third kappa shape index (κ3) is 7.35. The summed E-state index contributed by atoms with van der Waals surface area (Å²) in [6.07, 6.45) is 0. The Morgan fingerprint density at radius 2 is 1.56 bits per heavy atom. The van der Waals surface area contributed by atoms with Crippen LogP contribution in [0.15, 0.2) is 46.6 Å². The summed E-state index contributed by atoms with van der Waals surface area (Å²) in [6.45, 7) is 5.63. The van der Waals surface area contributed by atoms with Crippen LogP contribution in [0.1, 0.15) is 19.4 Å². The van der Waals surface area contributed by atoms with E-state index in [1.54, 1.807) is 12.1 Å². The molecule has 2 rings (SSSR count). The van der Waals surface area contributed by atoms with Crippen LogP contribution in [0.5, 0.6) is 5.75 Å². The van der Waals surface area contributed by atoms with Gasteiger partial charge in [0.1, 0.15) is 24.7 Å². The van der Waals surface area contributed by atoms with Gasteiger partial charge in [-0.15, -0.1) is 5.11 Å². The molecule has 32 heavy (non-hydrogen) atoms. The number of hydrogen-bond donors (Lipinski definition) is 1. The van der Waals surface area contributed by atoms with Gasteiger partial charge in [-0.3, -0.25) is 19.7 Å². The Morgan fingerprint density at radius 3 is 2.06 bits per heavy atom. The van der Waals surface area contributed by atoms with Crippen molar-refractivity contribution in [2.75, 3.05) is 31.2 Å². The molecule has 0 spiro atoms. The maximum atomic E-state index is 11.0. The second-order valence-electron chi connectivity index (χ2n) is 6.77. The van der Waals surface area contributed by atoms with E-state index in [9.17, 15) is 24.8 Å². The lowest BCUT2D eigenvalue weighted by Crippen LogP contribution is -2.31. The quantitative estimate of drug-likeness (QED) is 0.251. The zero-order valence-electron chi connectivity index (χ0n) is 18.0. The van der Waals surface area contributed by atoms with E-state index in [4.69, 9.17) is 9.47 Å². The second kappa shape index (κ2) is 11.4. The van der Waals surface area contributed by atoms with Gasteiger partial charge in [-0.1, -0.05) is 0 Å². The molecule has 0 aliphatic rings. The summed E-state index contributed by atoms with van der Waals surface area (Å²) in [5, 5.41) is 28.8. The van der Waals surface area contributed by atoms with E-state index in [-0.39, 0.29) is 42.3 Å². The van der Waals surface area contributed by atoms with Crippen molar-refractivity contribution >= 4 is 34.7 Å². The minimum Gasteiger partial charge on any atom is -0.505 e. The van der Waals surface area contributed by atoms with Crippen molar-refractivity contribution < 1.29 is 29.1 Å². The fourth-order valence-electron chi connectivity index (χ4n) is 2.74. The van der Waals surface area contributed by atoms with Crippen molar-refractivity contribution in [3.8, 4) is 5.75 Å². The van der Waals surface area contributed by atoms with Crippen LogP contribution in [0, 0.1) is 17.0 Å². The minimum atomic E-state index is -0.613. The Hall–Kier alpha value is -4.02. The van der Waals surface area contributed by atoms with Gasteiger partial charge in [0.15, 0.2) is 0 Å². The molecule has 0 amide bonds. The van der Waals surface area contributed by atoms with E-state index in [0.29, 0.717) is 18.8 Å². The largest absolute Gasteiger partial charge is 0.505 e. The number of phenols is 1. The highest BCUT2D eigenvalue weighted by molar-refractivity contribution is 5.66. The fraction of sp³-hybridized carbons (Fsp3) is 0.333. The maximum absolute atomic E-state index is 11.0. The van der Waals surface area contributed by atoms with E-state index in [1.165, 1.54) is 26.0 Å². The number of carbonyl (C=O) groups excluding carboxylic acids is 2. The standard InChI is InChI=1S/C21H24N4O7/c1-14-12-17(24(8-10-31-15(2)26)9-11-32-16(3)27)4-6-19(14)22-23-20-7-5-18(25(29)30)13-21(20)28/h4-7,12-13,28H,8-11H2,1-3H3/b23-22+. The van der Waals surface area contributed by atoms with Crippen LogP contribution in [0.2, 0.25) is 0 Å². The Morgan fingerprint density at radius 1 is 1.00 bits per heavy atom. The number of nitro benzene ring substituents is 1. The Labute approximate surface area is 184 Å². The van der Waals surface area contributed by atoms with Gasteiger partial charge in [-0.25, -0.2) is 0 Å². The molecule has 0 fully saturated rings. The van der Waals surface area contributed by atoms with Gasteiger partial charge in [0.2, 0.25) is 0 Å². The molecule has 0 bridgehead atoms. The number of azo groups is 1. The molecule has 0 atom stereocenters. The molecular formula is C21H24N4O7. The number of anilines is 1. The van der Waals surface area contributed by atoms with E-state index in [2.05, 4.69) is 10.2 Å². The zero-order valence-corrected chi connectivity index (χ0v) is 18.0. The lowest BCUT2D eigenvalue weighted by atomic mass is 10.1. The molecule has 0 heterocycles. The Bertz CT molecular complexity index is 1000. The van der Waals surface area contributed by atoms with E-state index in [1.807, 2.05) is 17.9 Å². The number of rotatable bonds is 10. The molecule has 0 saturated carbocycles. The average molecular weight is 444 g/mol. The summed E-state index contributed by atoms with van der Waals surface area (Å²) in [7, 11) is 0. The number of nitrogens with zero attached hydrogens (tertiary/aromatic N) is 4. The summed E-state index contributed by atoms with van der Waals surface area (Å²) in [5.41, 5.74) is 1.97. The molecule has 0 unspecified atom stereocenters. The Kier molecular flexibility index (Phi) is 8.63. The highest BCUT2D eigenvalue weighted by Gasteiger charge is 2.12. The lowest BCUT2D eigenvalue weighted by Gasteiger charge is -2.25. The molecular weight excluding hydrogens is 420 g/mol. The number of benzene rings is 2. The van der Waals surface area contributed by atoms with Crippen LogP contribution in [-0.4, -0.2) is 48.3 Å². The summed E-state index contributed by atoms with van der Waals surface area (Å²) in [4.78, 5) is 34.1. The van der Waals surface area contributed by atoms with E-state index >= 15 is 0 Å². The second-order valence-corrected chi connectivity index (χ2v) is 6.77. The third-order valence-corrected chi connectivity index (χ3v) is 4.31. The minimum absolute atomic E-state index is 0.100. The van der Waals surface area contributed by atoms with Crippen molar-refractivity contribution in [3.63, 3.8) is 0 Å². The number of aryl methyl sites for hydroxylation is 1. The molecule has 0 aliphatic carbocycles. The first kappa shape index (κ1) is 24.3. The predicted octanol–water partition coefficient (Wildman–Crippen LogP) is 3.96. The summed E-state index contributed by atoms with van der Waals surface area (Å²) >= 11 is 0. The molecule has 0 aromatic heterocycles. The molecule has 2 aromatic carbocycles. The molecule has 2 aromatic rings. The first-order valence-corrected chi connectivity index (χ1v) is 9.69. The highest BCUT2D eigenvalue weighted by atomic mass is 16.6. The lowest BCUT2D eigenvalue weighted by molar-refractivity contribution is -0.384. The van der Waals surface area contributed by atoms with Crippen LogP contribution < -0.4 is 4.90 Å². The summed E-state index contributed by atoms with van der Waals surface area (Å²) in [5.74, 6) is -1.11. The number of esters is 2. The van der Waals surface area contributed by atoms with Crippen LogP contribution in [0.4, 0.5) is 22.7 Å². The van der Waals surface area contributed by atoms with Gasteiger partial charge >= 0.3 is 11.9 Å². The number of ether oxygens (including phenoxy) is 2. The van der Waals surface area contributed by atoms with Crippen molar-refractivity contribution in [2.24, 2.45) is 10.2 Å². The molecule has 170 valence electrons. The van der Waals surface area contributed by atoms with Crippen LogP contribution >= 0.6 is 0 Å². The van der Waals surface area contributed by atoms with E-state index in [0.717, 1.165) is 17.3 Å². The van der Waals surface area contributed by atoms with Crippen molar-refractivity contribution in [1.29, 1.82) is 0 Å². The smallest absolute Gasteiger partial charge is 0.302 e. The normalized spacial score (nSPS) is 10.7. The molecule has 1 N–H and O–H groups in total. The number of non-ortho nitro benzene ring substituents is 1. The van der Waals surface area contributed by atoms with Crippen molar-refractivity contribution in [3.05, 3.63) is 52.1 Å². The highest BCUT2D eigenvalue weighted by Crippen LogP contribution is 2.33. The number of nitro groups is 1.